The molecule has 1 aliphatic heterocycles. The number of piperazine rings is 1. The zero-order valence-corrected chi connectivity index (χ0v) is 12.4. The molecule has 1 fully saturated rings. The largest absolute Gasteiger partial charge is 0.432 e. The number of anilines is 1. The van der Waals surface area contributed by atoms with Crippen LogP contribution in [0.4, 0.5) is 6.01 Å². The van der Waals surface area contributed by atoms with E-state index in [1.807, 2.05) is 0 Å². The Balaban J connectivity index is 1.82. The summed E-state index contributed by atoms with van der Waals surface area (Å²) in [6, 6.07) is 1.24. The summed E-state index contributed by atoms with van der Waals surface area (Å²) in [5, 5.41) is 3.35. The Labute approximate surface area is 116 Å². The zero-order chi connectivity index (χ0) is 13.7. The van der Waals surface area contributed by atoms with E-state index in [9.17, 15) is 0 Å². The van der Waals surface area contributed by atoms with Gasteiger partial charge in [0.25, 0.3) is 6.01 Å². The molecule has 0 bridgehead atoms. The Morgan fingerprint density at radius 3 is 2.68 bits per heavy atom. The van der Waals surface area contributed by atoms with Crippen LogP contribution >= 0.6 is 0 Å². The Morgan fingerprint density at radius 2 is 2.05 bits per heavy atom. The van der Waals surface area contributed by atoms with Gasteiger partial charge in [-0.25, -0.2) is 0 Å². The van der Waals surface area contributed by atoms with Gasteiger partial charge in [0.2, 0.25) is 0 Å². The average molecular weight is 266 g/mol. The van der Waals surface area contributed by atoms with Crippen molar-refractivity contribution in [1.82, 2.24) is 15.2 Å². The third-order valence-corrected chi connectivity index (χ3v) is 3.41. The van der Waals surface area contributed by atoms with Crippen molar-refractivity contribution in [2.45, 2.75) is 39.8 Å². The summed E-state index contributed by atoms with van der Waals surface area (Å²) in [4.78, 5) is 9.30. The van der Waals surface area contributed by atoms with E-state index in [2.05, 4.69) is 40.9 Å². The smallest absolute Gasteiger partial charge is 0.297 e. The lowest BCUT2D eigenvalue weighted by molar-refractivity contribution is 0.253. The van der Waals surface area contributed by atoms with Crippen molar-refractivity contribution in [3.05, 3.63) is 12.0 Å². The van der Waals surface area contributed by atoms with E-state index < -0.39 is 0 Å². The van der Waals surface area contributed by atoms with E-state index in [4.69, 9.17) is 4.42 Å². The van der Waals surface area contributed by atoms with Crippen LogP contribution in [0.2, 0.25) is 0 Å². The van der Waals surface area contributed by atoms with Crippen molar-refractivity contribution in [2.75, 3.05) is 37.6 Å². The molecule has 19 heavy (non-hydrogen) atoms. The maximum Gasteiger partial charge on any atom is 0.297 e. The predicted molar refractivity (Wildman–Crippen MR) is 77.4 cm³/mol. The topological polar surface area (TPSA) is 44.5 Å². The molecule has 0 unspecified atom stereocenters. The van der Waals surface area contributed by atoms with Crippen LogP contribution < -0.4 is 10.2 Å². The van der Waals surface area contributed by atoms with Gasteiger partial charge < -0.3 is 14.6 Å². The molecule has 1 aromatic heterocycles. The third-order valence-electron chi connectivity index (χ3n) is 3.41. The van der Waals surface area contributed by atoms with Crippen molar-refractivity contribution in [3.8, 4) is 0 Å². The summed E-state index contributed by atoms with van der Waals surface area (Å²) in [5.74, 6) is 0. The van der Waals surface area contributed by atoms with Crippen LogP contribution in [0.15, 0.2) is 10.7 Å². The fraction of sp³-hybridized carbons (Fsp3) is 0.786. The lowest BCUT2D eigenvalue weighted by atomic mass is 10.3. The van der Waals surface area contributed by atoms with E-state index in [1.54, 1.807) is 6.26 Å². The van der Waals surface area contributed by atoms with Crippen LogP contribution in [0.5, 0.6) is 0 Å². The highest BCUT2D eigenvalue weighted by atomic mass is 16.4. The molecule has 0 amide bonds. The number of oxazole rings is 1. The number of hydrogen-bond acceptors (Lipinski definition) is 5. The molecule has 1 N–H and O–H groups in total. The highest BCUT2D eigenvalue weighted by Crippen LogP contribution is 2.16. The first kappa shape index (κ1) is 14.3. The van der Waals surface area contributed by atoms with Crippen LogP contribution in [0.1, 0.15) is 32.9 Å². The van der Waals surface area contributed by atoms with Crippen LogP contribution in [-0.2, 0) is 6.54 Å². The molecule has 2 rings (SSSR count). The van der Waals surface area contributed by atoms with Gasteiger partial charge in [-0.15, -0.1) is 0 Å². The van der Waals surface area contributed by atoms with E-state index in [1.165, 1.54) is 13.0 Å². The quantitative estimate of drug-likeness (QED) is 0.849. The highest BCUT2D eigenvalue weighted by Gasteiger charge is 2.19. The molecule has 108 valence electrons. The molecule has 0 aliphatic carbocycles. The summed E-state index contributed by atoms with van der Waals surface area (Å²) in [6.45, 7) is 12.7. The second-order valence-corrected chi connectivity index (χ2v) is 5.49. The highest BCUT2D eigenvalue weighted by molar-refractivity contribution is 5.27. The fourth-order valence-corrected chi connectivity index (χ4v) is 2.31. The molecule has 5 heteroatoms. The summed E-state index contributed by atoms with van der Waals surface area (Å²) in [7, 11) is 0. The molecule has 1 aliphatic rings. The van der Waals surface area contributed by atoms with Gasteiger partial charge in [0.05, 0.1) is 5.69 Å². The third kappa shape index (κ3) is 4.21. The molecule has 0 spiro atoms. The first-order valence-corrected chi connectivity index (χ1v) is 7.34. The van der Waals surface area contributed by atoms with Crippen LogP contribution in [0, 0.1) is 0 Å². The Hall–Kier alpha value is -1.07. The Morgan fingerprint density at radius 1 is 1.32 bits per heavy atom. The van der Waals surface area contributed by atoms with Crippen molar-refractivity contribution in [2.24, 2.45) is 0 Å². The predicted octanol–water partition coefficient (Wildman–Crippen LogP) is 1.70. The molecule has 0 aromatic carbocycles. The van der Waals surface area contributed by atoms with Crippen molar-refractivity contribution < 1.29 is 4.42 Å². The van der Waals surface area contributed by atoms with E-state index >= 15 is 0 Å². The van der Waals surface area contributed by atoms with Gasteiger partial charge in [0.1, 0.15) is 6.26 Å². The van der Waals surface area contributed by atoms with E-state index in [-0.39, 0.29) is 0 Å². The maximum absolute atomic E-state index is 5.59. The van der Waals surface area contributed by atoms with Crippen molar-refractivity contribution in [3.63, 3.8) is 0 Å². The Bertz CT molecular complexity index is 369. The molecule has 1 saturated heterocycles. The van der Waals surface area contributed by atoms with Gasteiger partial charge in [-0.1, -0.05) is 20.8 Å². The standard InChI is InChI=1S/C14H26N4O/c1-4-5-17-6-8-18(9-7-17)14-16-13(11-19-14)10-15-12(2)3/h11-12,15H,4-10H2,1-3H3. The molecule has 0 saturated carbocycles. The van der Waals surface area contributed by atoms with E-state index in [0.717, 1.165) is 44.4 Å². The normalized spacial score (nSPS) is 17.4. The van der Waals surface area contributed by atoms with Gasteiger partial charge in [-0.3, -0.25) is 4.90 Å². The van der Waals surface area contributed by atoms with Crippen molar-refractivity contribution in [1.29, 1.82) is 0 Å². The summed E-state index contributed by atoms with van der Waals surface area (Å²) in [6.07, 6.45) is 2.99. The molecule has 5 nitrogen and oxygen atoms in total. The van der Waals surface area contributed by atoms with Crippen molar-refractivity contribution >= 4 is 6.01 Å². The maximum atomic E-state index is 5.59. The molecule has 2 heterocycles. The Kier molecular flexibility index (Phi) is 5.22. The lowest BCUT2D eigenvalue weighted by Crippen LogP contribution is -2.46. The number of hydrogen-bond donors (Lipinski definition) is 1. The number of rotatable bonds is 6. The summed E-state index contributed by atoms with van der Waals surface area (Å²) in [5.41, 5.74) is 0.986. The van der Waals surface area contributed by atoms with Gasteiger partial charge in [0, 0.05) is 38.8 Å². The molecule has 1 aromatic rings. The van der Waals surface area contributed by atoms with E-state index in [0.29, 0.717) is 6.04 Å². The van der Waals surface area contributed by atoms with Crippen LogP contribution in [0.25, 0.3) is 0 Å². The van der Waals surface area contributed by atoms with Gasteiger partial charge in [-0.2, -0.15) is 4.98 Å². The van der Waals surface area contributed by atoms with Gasteiger partial charge in [0.15, 0.2) is 0 Å². The molecule has 0 atom stereocenters. The minimum atomic E-state index is 0.470. The first-order chi connectivity index (χ1) is 9.19. The van der Waals surface area contributed by atoms with Gasteiger partial charge >= 0.3 is 0 Å². The monoisotopic (exact) mass is 266 g/mol. The average Bonchev–Trinajstić information content (AvgIpc) is 2.86. The second kappa shape index (κ2) is 6.91. The molecular formula is C14H26N4O. The zero-order valence-electron chi connectivity index (χ0n) is 12.4. The second-order valence-electron chi connectivity index (χ2n) is 5.49. The number of nitrogens with zero attached hydrogens (tertiary/aromatic N) is 3. The summed E-state index contributed by atoms with van der Waals surface area (Å²) < 4.78 is 5.59. The lowest BCUT2D eigenvalue weighted by Gasteiger charge is -2.33. The minimum absolute atomic E-state index is 0.470. The van der Waals surface area contributed by atoms with Crippen LogP contribution in [-0.4, -0.2) is 48.6 Å². The number of aromatic nitrogens is 1. The first-order valence-electron chi connectivity index (χ1n) is 7.34. The molecule has 0 radical (unpaired) electrons. The van der Waals surface area contributed by atoms with Crippen LogP contribution in [0.3, 0.4) is 0 Å². The fourth-order valence-electron chi connectivity index (χ4n) is 2.31. The summed E-state index contributed by atoms with van der Waals surface area (Å²) >= 11 is 0. The minimum Gasteiger partial charge on any atom is -0.432 e. The van der Waals surface area contributed by atoms with Gasteiger partial charge in [-0.05, 0) is 13.0 Å². The molecular weight excluding hydrogens is 240 g/mol. The number of nitrogens with one attached hydrogen (secondary N) is 1. The SMILES string of the molecule is CCCN1CCN(c2nc(CNC(C)C)co2)CC1.